The molecular weight excluding hydrogens is 434 g/mol. The number of halogens is 4. The molecule has 0 radical (unpaired) electrons. The molecule has 11 heteroatoms. The molecule has 2 saturated heterocycles. The van der Waals surface area contributed by atoms with Gasteiger partial charge in [-0.1, -0.05) is 6.07 Å². The molecule has 4 rings (SSSR count). The van der Waals surface area contributed by atoms with Gasteiger partial charge >= 0.3 is 6.18 Å². The number of nitrogens with zero attached hydrogens (tertiary/aromatic N) is 2. The molecule has 2 unspecified atom stereocenters. The van der Waals surface area contributed by atoms with Crippen LogP contribution >= 0.6 is 0 Å². The molecule has 0 spiro atoms. The standard InChI is InChI=1S/C21H28F4N3O4/c1-10-12-6-7-28(18(12)27(3)9-26-10)19-16(30)20(2,31)17(32-19)15(29)11-4-5-14(22)13(8-11)21(23,24)25/h4-5,8,10,12,15-17,19,26,29-31H,6-7,9H2,1-3H3/q+1/t10?,12?,15-,16+,17-,19-,20+/m1/s1. The maximum atomic E-state index is 13.7. The van der Waals surface area contributed by atoms with Crippen LogP contribution in [0.4, 0.5) is 17.6 Å². The van der Waals surface area contributed by atoms with Crippen LogP contribution in [0, 0.1) is 11.7 Å². The molecule has 7 nitrogen and oxygen atoms in total. The van der Waals surface area contributed by atoms with Crippen LogP contribution in [0.1, 0.15) is 37.5 Å². The van der Waals surface area contributed by atoms with Crippen molar-refractivity contribution >= 4 is 5.84 Å². The maximum absolute atomic E-state index is 13.7. The van der Waals surface area contributed by atoms with E-state index in [0.717, 1.165) is 18.3 Å². The Labute approximate surface area is 182 Å². The van der Waals surface area contributed by atoms with Crippen molar-refractivity contribution in [2.24, 2.45) is 5.92 Å². The summed E-state index contributed by atoms with van der Waals surface area (Å²) in [5, 5.41) is 36.1. The maximum Gasteiger partial charge on any atom is 0.419 e. The average Bonchev–Trinajstić information content (AvgIpc) is 3.24. The molecule has 1 aromatic rings. The number of aliphatic hydroxyl groups excluding tert-OH is 2. The second kappa shape index (κ2) is 7.91. The second-order valence-electron chi connectivity index (χ2n) is 9.10. The van der Waals surface area contributed by atoms with Gasteiger partial charge in [0.1, 0.15) is 30.3 Å². The Kier molecular flexibility index (Phi) is 5.78. The number of fused-ring (bicyclic) bond motifs is 1. The first-order valence-electron chi connectivity index (χ1n) is 10.5. The number of amidine groups is 1. The second-order valence-corrected chi connectivity index (χ2v) is 9.10. The third kappa shape index (κ3) is 3.69. The minimum Gasteiger partial charge on any atom is -0.386 e. The zero-order valence-electron chi connectivity index (χ0n) is 18.0. The van der Waals surface area contributed by atoms with E-state index in [2.05, 4.69) is 12.2 Å². The molecule has 7 atom stereocenters. The zero-order chi connectivity index (χ0) is 23.6. The van der Waals surface area contributed by atoms with Gasteiger partial charge < -0.3 is 20.1 Å². The van der Waals surface area contributed by atoms with Gasteiger partial charge in [-0.15, -0.1) is 0 Å². The third-order valence-electron chi connectivity index (χ3n) is 6.91. The van der Waals surface area contributed by atoms with Crippen LogP contribution in [0.25, 0.3) is 0 Å². The number of rotatable bonds is 3. The van der Waals surface area contributed by atoms with Crippen molar-refractivity contribution < 1.29 is 42.2 Å². The summed E-state index contributed by atoms with van der Waals surface area (Å²) in [4.78, 5) is 1.85. The highest BCUT2D eigenvalue weighted by molar-refractivity contribution is 5.83. The molecule has 3 heterocycles. The summed E-state index contributed by atoms with van der Waals surface area (Å²) in [5.74, 6) is -0.356. The molecule has 0 saturated carbocycles. The number of aliphatic hydroxyl groups is 3. The SMILES string of the molecule is CC1NC[N+](C)=C2C1CCN2[C@@H]1O[C@H]([C@H](O)c2ccc(F)c(C(F)(F)F)c2)[C@@](C)(O)[C@H]1O. The minimum absolute atomic E-state index is 0.171. The number of alkyl halides is 3. The molecule has 0 bridgehead atoms. The van der Waals surface area contributed by atoms with Gasteiger partial charge in [-0.25, -0.2) is 9.29 Å². The Balaban J connectivity index is 1.63. The van der Waals surface area contributed by atoms with Gasteiger partial charge in [-0.05, 0) is 31.5 Å². The van der Waals surface area contributed by atoms with Crippen molar-refractivity contribution in [3.8, 4) is 0 Å². The topological polar surface area (TPSA) is 88.2 Å². The fourth-order valence-corrected chi connectivity index (χ4v) is 5.05. The van der Waals surface area contributed by atoms with E-state index in [1.165, 1.54) is 6.92 Å². The summed E-state index contributed by atoms with van der Waals surface area (Å²) in [6.07, 6.45) is -9.74. The lowest BCUT2D eigenvalue weighted by atomic mass is 9.87. The monoisotopic (exact) mass is 462 g/mol. The highest BCUT2D eigenvalue weighted by Crippen LogP contribution is 2.42. The number of ether oxygens (including phenoxy) is 1. The fraction of sp³-hybridized carbons (Fsp3) is 0.667. The van der Waals surface area contributed by atoms with Gasteiger partial charge in [0.05, 0.1) is 25.1 Å². The average molecular weight is 462 g/mol. The first kappa shape index (κ1) is 23.4. The van der Waals surface area contributed by atoms with Crippen LogP contribution in [-0.4, -0.2) is 81.0 Å². The van der Waals surface area contributed by atoms with E-state index in [-0.39, 0.29) is 17.5 Å². The molecule has 0 aromatic heterocycles. The van der Waals surface area contributed by atoms with Crippen molar-refractivity contribution in [1.82, 2.24) is 10.2 Å². The lowest BCUT2D eigenvalue weighted by molar-refractivity contribution is -0.516. The van der Waals surface area contributed by atoms with Crippen molar-refractivity contribution in [2.45, 2.75) is 62.6 Å². The summed E-state index contributed by atoms with van der Waals surface area (Å²) < 4.78 is 60.9. The molecule has 178 valence electrons. The lowest BCUT2D eigenvalue weighted by Crippen LogP contribution is -2.56. The van der Waals surface area contributed by atoms with E-state index < -0.39 is 47.7 Å². The van der Waals surface area contributed by atoms with Gasteiger partial charge in [0.2, 0.25) is 6.23 Å². The Morgan fingerprint density at radius 1 is 1.34 bits per heavy atom. The molecule has 3 aliphatic rings. The smallest absolute Gasteiger partial charge is 0.386 e. The zero-order valence-corrected chi connectivity index (χ0v) is 18.0. The number of benzene rings is 1. The van der Waals surface area contributed by atoms with Gasteiger partial charge in [0, 0.05) is 12.5 Å². The number of hydrogen-bond acceptors (Lipinski definition) is 6. The van der Waals surface area contributed by atoms with Crippen molar-refractivity contribution in [1.29, 1.82) is 0 Å². The van der Waals surface area contributed by atoms with Crippen LogP contribution in [0.15, 0.2) is 18.2 Å². The van der Waals surface area contributed by atoms with Crippen LogP contribution in [-0.2, 0) is 10.9 Å². The van der Waals surface area contributed by atoms with Crippen LogP contribution in [0.5, 0.6) is 0 Å². The number of hydrogen-bond donors (Lipinski definition) is 4. The summed E-state index contributed by atoms with van der Waals surface area (Å²) in [7, 11) is 1.89. The lowest BCUT2D eigenvalue weighted by Gasteiger charge is -2.30. The number of nitrogens with one attached hydrogen (secondary N) is 1. The molecule has 4 N–H and O–H groups in total. The predicted octanol–water partition coefficient (Wildman–Crippen LogP) is 1.03. The van der Waals surface area contributed by atoms with Gasteiger partial charge in [-0.2, -0.15) is 13.2 Å². The number of likely N-dealkylation sites (tertiary alicyclic amines) is 1. The van der Waals surface area contributed by atoms with Crippen LogP contribution < -0.4 is 5.32 Å². The van der Waals surface area contributed by atoms with Gasteiger partial charge in [0.15, 0.2) is 6.10 Å². The Bertz CT molecular complexity index is 923. The molecule has 2 fully saturated rings. The van der Waals surface area contributed by atoms with Crippen LogP contribution in [0.3, 0.4) is 0 Å². The first-order chi connectivity index (χ1) is 14.8. The first-order valence-corrected chi connectivity index (χ1v) is 10.5. The minimum atomic E-state index is -4.95. The van der Waals surface area contributed by atoms with E-state index in [1.807, 2.05) is 16.5 Å². The van der Waals surface area contributed by atoms with Crippen molar-refractivity contribution in [3.05, 3.63) is 35.1 Å². The van der Waals surface area contributed by atoms with Crippen molar-refractivity contribution in [3.63, 3.8) is 0 Å². The summed E-state index contributed by atoms with van der Waals surface area (Å²) in [5.41, 5.74) is -3.75. The fourth-order valence-electron chi connectivity index (χ4n) is 5.05. The van der Waals surface area contributed by atoms with Gasteiger partial charge in [-0.3, -0.25) is 9.89 Å². The van der Waals surface area contributed by atoms with E-state index in [0.29, 0.717) is 25.3 Å². The predicted molar refractivity (Wildman–Crippen MR) is 105 cm³/mol. The Morgan fingerprint density at radius 2 is 2.03 bits per heavy atom. The quantitative estimate of drug-likeness (QED) is 0.397. The van der Waals surface area contributed by atoms with E-state index >= 15 is 0 Å². The van der Waals surface area contributed by atoms with E-state index in [9.17, 15) is 32.9 Å². The normalized spacial score (nSPS) is 36.6. The van der Waals surface area contributed by atoms with Gasteiger partial charge in [0.25, 0.3) is 5.84 Å². The van der Waals surface area contributed by atoms with E-state index in [4.69, 9.17) is 4.74 Å². The summed E-state index contributed by atoms with van der Waals surface area (Å²) in [6, 6.07) is 2.33. The molecule has 0 amide bonds. The molecular formula is C21H28F4N3O4+. The summed E-state index contributed by atoms with van der Waals surface area (Å²) >= 11 is 0. The Morgan fingerprint density at radius 3 is 2.69 bits per heavy atom. The molecule has 1 aromatic carbocycles. The Hall–Kier alpha value is -1.79. The third-order valence-corrected chi connectivity index (χ3v) is 6.91. The van der Waals surface area contributed by atoms with E-state index in [1.54, 1.807) is 0 Å². The van der Waals surface area contributed by atoms with Crippen LogP contribution in [0.2, 0.25) is 0 Å². The highest BCUT2D eigenvalue weighted by atomic mass is 19.4. The molecule has 3 aliphatic heterocycles. The van der Waals surface area contributed by atoms with Crippen molar-refractivity contribution in [2.75, 3.05) is 20.3 Å². The molecule has 0 aliphatic carbocycles. The summed E-state index contributed by atoms with van der Waals surface area (Å²) in [6.45, 7) is 4.46. The highest BCUT2D eigenvalue weighted by Gasteiger charge is 2.61. The molecule has 32 heavy (non-hydrogen) atoms. The largest absolute Gasteiger partial charge is 0.419 e.